The van der Waals surface area contributed by atoms with Crippen LogP contribution < -0.4 is 5.73 Å². The third-order valence-electron chi connectivity index (χ3n) is 3.22. The molecule has 1 saturated heterocycles. The smallest absolute Gasteiger partial charge is 0.201 e. The lowest BCUT2D eigenvalue weighted by Crippen LogP contribution is -2.12. The quantitative estimate of drug-likeness (QED) is 0.892. The van der Waals surface area contributed by atoms with E-state index in [4.69, 9.17) is 5.73 Å². The number of para-hydroxylation sites is 1. The van der Waals surface area contributed by atoms with E-state index in [1.807, 2.05) is 22.4 Å². The molecule has 1 fully saturated rings. The van der Waals surface area contributed by atoms with Gasteiger partial charge >= 0.3 is 0 Å². The molecule has 17 heavy (non-hydrogen) atoms. The van der Waals surface area contributed by atoms with Crippen molar-refractivity contribution < 1.29 is 4.39 Å². The lowest BCUT2D eigenvalue weighted by Gasteiger charge is -2.11. The molecule has 3 rings (SSSR count). The molecule has 1 aliphatic heterocycles. The third kappa shape index (κ3) is 1.88. The molecule has 0 radical (unpaired) electrons. The Balaban J connectivity index is 2.02. The van der Waals surface area contributed by atoms with E-state index in [1.54, 1.807) is 6.07 Å². The zero-order valence-electron chi connectivity index (χ0n) is 9.40. The molecule has 2 aromatic rings. The second kappa shape index (κ2) is 4.22. The molecule has 0 spiro atoms. The summed E-state index contributed by atoms with van der Waals surface area (Å²) in [6.07, 6.45) is 1.21. The van der Waals surface area contributed by atoms with Crippen molar-refractivity contribution in [2.75, 3.05) is 17.2 Å². The number of benzene rings is 1. The molecule has 90 valence electrons. The third-order valence-corrected chi connectivity index (χ3v) is 4.46. The van der Waals surface area contributed by atoms with Gasteiger partial charge in [-0.15, -0.1) is 0 Å². The first-order valence-corrected chi connectivity index (χ1v) is 6.89. The summed E-state index contributed by atoms with van der Waals surface area (Å²) < 4.78 is 15.5. The molecule has 2 heterocycles. The van der Waals surface area contributed by atoms with E-state index in [9.17, 15) is 4.39 Å². The molecule has 1 aromatic heterocycles. The fourth-order valence-electron chi connectivity index (χ4n) is 2.31. The van der Waals surface area contributed by atoms with Gasteiger partial charge in [-0.3, -0.25) is 0 Å². The topological polar surface area (TPSA) is 43.8 Å². The summed E-state index contributed by atoms with van der Waals surface area (Å²) in [5.74, 6) is 3.12. The minimum atomic E-state index is -0.297. The van der Waals surface area contributed by atoms with Crippen LogP contribution in [0.1, 0.15) is 6.42 Å². The van der Waals surface area contributed by atoms with Crippen LogP contribution >= 0.6 is 11.8 Å². The highest BCUT2D eigenvalue weighted by atomic mass is 32.2. The minimum Gasteiger partial charge on any atom is -0.369 e. The van der Waals surface area contributed by atoms with E-state index in [2.05, 4.69) is 4.98 Å². The van der Waals surface area contributed by atoms with Gasteiger partial charge in [0.1, 0.15) is 5.52 Å². The van der Waals surface area contributed by atoms with Crippen LogP contribution in [0.25, 0.3) is 11.0 Å². The Morgan fingerprint density at radius 2 is 2.41 bits per heavy atom. The summed E-state index contributed by atoms with van der Waals surface area (Å²) in [6.45, 7) is 0.846. The number of anilines is 1. The summed E-state index contributed by atoms with van der Waals surface area (Å²) in [7, 11) is 0. The molecule has 0 aliphatic carbocycles. The maximum Gasteiger partial charge on any atom is 0.201 e. The van der Waals surface area contributed by atoms with Crippen LogP contribution in [-0.4, -0.2) is 21.1 Å². The number of hydrogen-bond acceptors (Lipinski definition) is 3. The van der Waals surface area contributed by atoms with E-state index in [-0.39, 0.29) is 5.82 Å². The van der Waals surface area contributed by atoms with Gasteiger partial charge < -0.3 is 10.3 Å². The summed E-state index contributed by atoms with van der Waals surface area (Å²) >= 11 is 1.97. The number of fused-ring (bicyclic) bond motifs is 1. The van der Waals surface area contributed by atoms with Crippen molar-refractivity contribution in [3.05, 3.63) is 24.0 Å². The number of nitrogen functional groups attached to an aromatic ring is 1. The van der Waals surface area contributed by atoms with Gasteiger partial charge in [0.15, 0.2) is 5.82 Å². The zero-order valence-corrected chi connectivity index (χ0v) is 10.2. The first-order valence-electron chi connectivity index (χ1n) is 5.73. The van der Waals surface area contributed by atoms with Gasteiger partial charge in [-0.25, -0.2) is 9.37 Å². The number of hydrogen-bond donors (Lipinski definition) is 1. The predicted molar refractivity (Wildman–Crippen MR) is 69.5 cm³/mol. The fraction of sp³-hybridized carbons (Fsp3) is 0.417. The van der Waals surface area contributed by atoms with E-state index in [0.29, 0.717) is 17.4 Å². The zero-order chi connectivity index (χ0) is 11.8. The standard InChI is InChI=1S/C12H14FN3S/c13-9-2-1-3-10-11(9)15-12(14)16(10)6-8-4-5-17-7-8/h1-3,8H,4-7H2,(H2,14,15). The van der Waals surface area contributed by atoms with Crippen LogP contribution in [0.2, 0.25) is 0 Å². The van der Waals surface area contributed by atoms with Gasteiger partial charge in [0, 0.05) is 6.54 Å². The number of nitrogens with two attached hydrogens (primary N) is 1. The molecule has 1 atom stereocenters. The minimum absolute atomic E-state index is 0.297. The van der Waals surface area contributed by atoms with E-state index >= 15 is 0 Å². The number of halogens is 1. The summed E-state index contributed by atoms with van der Waals surface area (Å²) in [4.78, 5) is 4.11. The normalized spacial score (nSPS) is 20.2. The average molecular weight is 251 g/mol. The first-order chi connectivity index (χ1) is 8.25. The van der Waals surface area contributed by atoms with Crippen LogP contribution in [0.15, 0.2) is 18.2 Å². The number of nitrogens with zero attached hydrogens (tertiary/aromatic N) is 2. The Labute approximate surface area is 103 Å². The van der Waals surface area contributed by atoms with Crippen molar-refractivity contribution in [2.24, 2.45) is 5.92 Å². The Morgan fingerprint density at radius 3 is 3.18 bits per heavy atom. The molecule has 1 aromatic carbocycles. The molecule has 3 nitrogen and oxygen atoms in total. The molecule has 1 unspecified atom stereocenters. The van der Waals surface area contributed by atoms with E-state index < -0.39 is 0 Å². The SMILES string of the molecule is Nc1nc2c(F)cccc2n1CC1CCSC1. The number of thioether (sulfide) groups is 1. The number of imidazole rings is 1. The Hall–Kier alpha value is -1.23. The second-order valence-electron chi connectivity index (χ2n) is 4.42. The number of aromatic nitrogens is 2. The Bertz CT molecular complexity index is 546. The predicted octanol–water partition coefficient (Wildman–Crippen LogP) is 2.51. The van der Waals surface area contributed by atoms with E-state index in [1.165, 1.54) is 18.2 Å². The summed E-state index contributed by atoms with van der Waals surface area (Å²) in [6, 6.07) is 5.01. The molecular weight excluding hydrogens is 237 g/mol. The lowest BCUT2D eigenvalue weighted by atomic mass is 10.1. The number of rotatable bonds is 2. The Kier molecular flexibility index (Phi) is 2.70. The van der Waals surface area contributed by atoms with Crippen LogP contribution in [0.4, 0.5) is 10.3 Å². The van der Waals surface area contributed by atoms with E-state index in [0.717, 1.165) is 17.8 Å². The highest BCUT2D eigenvalue weighted by Gasteiger charge is 2.19. The summed E-state index contributed by atoms with van der Waals surface area (Å²) in [5, 5.41) is 0. The van der Waals surface area contributed by atoms with Gasteiger partial charge in [0.05, 0.1) is 5.52 Å². The van der Waals surface area contributed by atoms with Crippen LogP contribution in [-0.2, 0) is 6.54 Å². The van der Waals surface area contributed by atoms with Gasteiger partial charge in [-0.1, -0.05) is 6.07 Å². The van der Waals surface area contributed by atoms with Crippen molar-refractivity contribution in [1.82, 2.24) is 9.55 Å². The molecule has 5 heteroatoms. The maximum absolute atomic E-state index is 13.6. The largest absolute Gasteiger partial charge is 0.369 e. The molecule has 0 amide bonds. The highest BCUT2D eigenvalue weighted by molar-refractivity contribution is 7.99. The molecular formula is C12H14FN3S. The fourth-order valence-corrected chi connectivity index (χ4v) is 3.58. The van der Waals surface area contributed by atoms with Crippen molar-refractivity contribution in [3.63, 3.8) is 0 Å². The molecule has 1 aliphatic rings. The second-order valence-corrected chi connectivity index (χ2v) is 5.57. The van der Waals surface area contributed by atoms with Gasteiger partial charge in [0.25, 0.3) is 0 Å². The highest BCUT2D eigenvalue weighted by Crippen LogP contribution is 2.28. The monoisotopic (exact) mass is 251 g/mol. The lowest BCUT2D eigenvalue weighted by molar-refractivity contribution is 0.505. The van der Waals surface area contributed by atoms with Crippen LogP contribution in [0, 0.1) is 11.7 Å². The van der Waals surface area contributed by atoms with Crippen molar-refractivity contribution >= 4 is 28.7 Å². The van der Waals surface area contributed by atoms with Gasteiger partial charge in [-0.2, -0.15) is 11.8 Å². The van der Waals surface area contributed by atoms with Crippen molar-refractivity contribution in [2.45, 2.75) is 13.0 Å². The average Bonchev–Trinajstić information content (AvgIpc) is 2.91. The van der Waals surface area contributed by atoms with Crippen LogP contribution in [0.5, 0.6) is 0 Å². The molecule has 0 bridgehead atoms. The molecule has 0 saturated carbocycles. The van der Waals surface area contributed by atoms with Crippen molar-refractivity contribution in [3.8, 4) is 0 Å². The first kappa shape index (κ1) is 10.9. The van der Waals surface area contributed by atoms with Crippen LogP contribution in [0.3, 0.4) is 0 Å². The molecule has 2 N–H and O–H groups in total. The Morgan fingerprint density at radius 1 is 1.53 bits per heavy atom. The maximum atomic E-state index is 13.6. The summed E-state index contributed by atoms with van der Waals surface area (Å²) in [5.41, 5.74) is 7.07. The van der Waals surface area contributed by atoms with Crippen molar-refractivity contribution in [1.29, 1.82) is 0 Å². The van der Waals surface area contributed by atoms with Gasteiger partial charge in [0.2, 0.25) is 5.95 Å². The van der Waals surface area contributed by atoms with Gasteiger partial charge in [-0.05, 0) is 36.0 Å².